The molecule has 6 nitrogen and oxygen atoms in total. The lowest BCUT2D eigenvalue weighted by Crippen LogP contribution is -2.06. The Hall–Kier alpha value is -1.14. The van der Waals surface area contributed by atoms with Crippen molar-refractivity contribution in [3.05, 3.63) is 24.0 Å². The van der Waals surface area contributed by atoms with E-state index in [1.807, 2.05) is 0 Å². The summed E-state index contributed by atoms with van der Waals surface area (Å²) in [6, 6.07) is 4.54. The Labute approximate surface area is 136 Å². The molecule has 0 bridgehead atoms. The van der Waals surface area contributed by atoms with Crippen molar-refractivity contribution in [3.8, 4) is 11.5 Å². The zero-order chi connectivity index (χ0) is 17.1. The molecule has 1 atom stereocenters. The van der Waals surface area contributed by atoms with E-state index in [0.29, 0.717) is 25.4 Å². The van der Waals surface area contributed by atoms with Gasteiger partial charge in [0.05, 0.1) is 13.2 Å². The van der Waals surface area contributed by atoms with Crippen molar-refractivity contribution in [3.63, 3.8) is 0 Å². The molecule has 0 aliphatic carbocycles. The number of halogens is 1. The molecule has 0 fully saturated rings. The standard InChI is InChI=1S/C15H25FNO5P/c1-2-21-15-9-8-13(12-14(15)16)22-10-6-4-3-5-7-11-23(19,20)17-18/h8-9,12,18H,2-7,10-11H2,1H3,(H2,17,19,20). The van der Waals surface area contributed by atoms with Gasteiger partial charge >= 0.3 is 0 Å². The summed E-state index contributed by atoms with van der Waals surface area (Å²) in [4.78, 5) is 9.10. The highest BCUT2D eigenvalue weighted by molar-refractivity contribution is 7.55. The highest BCUT2D eigenvalue weighted by Gasteiger charge is 2.14. The molecular weight excluding hydrogens is 324 g/mol. The summed E-state index contributed by atoms with van der Waals surface area (Å²) in [7, 11) is -3.55. The molecule has 0 aliphatic rings. The van der Waals surface area contributed by atoms with Crippen molar-refractivity contribution in [2.75, 3.05) is 19.4 Å². The van der Waals surface area contributed by atoms with E-state index >= 15 is 0 Å². The maximum Gasteiger partial charge on any atom is 0.289 e. The van der Waals surface area contributed by atoms with Crippen molar-refractivity contribution >= 4 is 7.52 Å². The second kappa shape index (κ2) is 10.6. The topological polar surface area (TPSA) is 88.0 Å². The first kappa shape index (κ1) is 19.9. The van der Waals surface area contributed by atoms with Crippen molar-refractivity contribution in [2.24, 2.45) is 0 Å². The first-order chi connectivity index (χ1) is 11.0. The van der Waals surface area contributed by atoms with Crippen LogP contribution in [0.25, 0.3) is 0 Å². The van der Waals surface area contributed by atoms with Crippen LogP contribution in [0.3, 0.4) is 0 Å². The van der Waals surface area contributed by atoms with Crippen molar-refractivity contribution in [1.82, 2.24) is 5.25 Å². The second-order valence-corrected chi connectivity index (χ2v) is 7.22. The number of nitrogens with one attached hydrogen (secondary N) is 1. The molecule has 1 rings (SSSR count). The van der Waals surface area contributed by atoms with E-state index in [1.54, 1.807) is 19.1 Å². The van der Waals surface area contributed by atoms with Gasteiger partial charge < -0.3 is 19.6 Å². The molecule has 1 unspecified atom stereocenters. The number of ether oxygens (including phenoxy) is 2. The molecule has 1 aromatic rings. The summed E-state index contributed by atoms with van der Waals surface area (Å²) in [5.41, 5.74) is 0. The normalized spacial score (nSPS) is 13.6. The van der Waals surface area contributed by atoms with Crippen LogP contribution in [0.4, 0.5) is 4.39 Å². The van der Waals surface area contributed by atoms with Gasteiger partial charge in [-0.05, 0) is 31.9 Å². The van der Waals surface area contributed by atoms with Crippen LogP contribution >= 0.6 is 7.52 Å². The monoisotopic (exact) mass is 349 g/mol. The van der Waals surface area contributed by atoms with E-state index in [-0.39, 0.29) is 11.9 Å². The van der Waals surface area contributed by atoms with Gasteiger partial charge in [0.1, 0.15) is 5.75 Å². The Morgan fingerprint density at radius 3 is 2.52 bits per heavy atom. The van der Waals surface area contributed by atoms with E-state index in [0.717, 1.165) is 25.7 Å². The Balaban J connectivity index is 2.11. The number of hydrogen-bond acceptors (Lipinski definition) is 4. The fraction of sp³-hybridized carbons (Fsp3) is 0.600. The quantitative estimate of drug-likeness (QED) is 0.303. The number of unbranched alkanes of at least 4 members (excludes halogenated alkanes) is 4. The van der Waals surface area contributed by atoms with Crippen molar-refractivity contribution in [1.29, 1.82) is 0 Å². The number of rotatable bonds is 12. The molecule has 3 N–H and O–H groups in total. The Morgan fingerprint density at radius 2 is 1.87 bits per heavy atom. The lowest BCUT2D eigenvalue weighted by atomic mass is 10.2. The highest BCUT2D eigenvalue weighted by Crippen LogP contribution is 2.35. The summed E-state index contributed by atoms with van der Waals surface area (Å²) < 4.78 is 35.3. The molecule has 0 spiro atoms. The summed E-state index contributed by atoms with van der Waals surface area (Å²) >= 11 is 0. The smallest absolute Gasteiger partial charge is 0.289 e. The van der Waals surface area contributed by atoms with Gasteiger partial charge in [0.2, 0.25) is 0 Å². The molecule has 0 amide bonds. The first-order valence-corrected chi connectivity index (χ1v) is 9.61. The third-order valence-electron chi connectivity index (χ3n) is 3.23. The van der Waals surface area contributed by atoms with Crippen LogP contribution in [0.5, 0.6) is 11.5 Å². The van der Waals surface area contributed by atoms with E-state index in [9.17, 15) is 8.96 Å². The van der Waals surface area contributed by atoms with Gasteiger partial charge in [-0.15, -0.1) is 5.25 Å². The Bertz CT molecular complexity index is 515. The largest absolute Gasteiger partial charge is 0.493 e. The molecule has 0 saturated carbocycles. The number of benzene rings is 1. The van der Waals surface area contributed by atoms with E-state index < -0.39 is 13.3 Å². The molecule has 0 saturated heterocycles. The third kappa shape index (κ3) is 8.32. The maximum atomic E-state index is 13.6. The predicted molar refractivity (Wildman–Crippen MR) is 85.8 cm³/mol. The molecule has 8 heteroatoms. The molecule has 0 radical (unpaired) electrons. The summed E-state index contributed by atoms with van der Waals surface area (Å²) in [6.45, 7) is 2.70. The minimum atomic E-state index is -3.55. The van der Waals surface area contributed by atoms with E-state index in [4.69, 9.17) is 19.6 Å². The van der Waals surface area contributed by atoms with Gasteiger partial charge in [0, 0.05) is 12.2 Å². The average Bonchev–Trinajstić information content (AvgIpc) is 2.52. The molecule has 0 aliphatic heterocycles. The van der Waals surface area contributed by atoms with E-state index in [1.165, 1.54) is 11.3 Å². The van der Waals surface area contributed by atoms with Crippen LogP contribution < -0.4 is 14.7 Å². The Morgan fingerprint density at radius 1 is 1.17 bits per heavy atom. The van der Waals surface area contributed by atoms with Crippen LogP contribution in [-0.4, -0.2) is 29.5 Å². The lowest BCUT2D eigenvalue weighted by molar-refractivity contribution is 0.222. The summed E-state index contributed by atoms with van der Waals surface area (Å²) in [6.07, 6.45) is 4.10. The van der Waals surface area contributed by atoms with Gasteiger partial charge in [0.15, 0.2) is 11.6 Å². The zero-order valence-corrected chi connectivity index (χ0v) is 14.2. The minimum absolute atomic E-state index is 0.0610. The van der Waals surface area contributed by atoms with Crippen LogP contribution in [0.15, 0.2) is 18.2 Å². The highest BCUT2D eigenvalue weighted by atomic mass is 31.2. The predicted octanol–water partition coefficient (Wildman–Crippen LogP) is 3.72. The van der Waals surface area contributed by atoms with Crippen LogP contribution in [-0.2, 0) is 4.57 Å². The van der Waals surface area contributed by atoms with E-state index in [2.05, 4.69) is 0 Å². The first-order valence-electron chi connectivity index (χ1n) is 7.77. The van der Waals surface area contributed by atoms with Crippen LogP contribution in [0, 0.1) is 5.82 Å². The van der Waals surface area contributed by atoms with Gasteiger partial charge in [-0.3, -0.25) is 4.57 Å². The van der Waals surface area contributed by atoms with Crippen LogP contribution in [0.2, 0.25) is 0 Å². The van der Waals surface area contributed by atoms with Gasteiger partial charge in [-0.2, -0.15) is 0 Å². The zero-order valence-electron chi connectivity index (χ0n) is 13.3. The minimum Gasteiger partial charge on any atom is -0.493 e. The molecule has 23 heavy (non-hydrogen) atoms. The van der Waals surface area contributed by atoms with Gasteiger partial charge in [-0.25, -0.2) is 4.39 Å². The van der Waals surface area contributed by atoms with Gasteiger partial charge in [0.25, 0.3) is 7.52 Å². The second-order valence-electron chi connectivity index (χ2n) is 5.17. The molecule has 132 valence electrons. The van der Waals surface area contributed by atoms with Crippen molar-refractivity contribution < 1.29 is 28.5 Å². The molecule has 0 heterocycles. The summed E-state index contributed by atoms with van der Waals surface area (Å²) in [5, 5.41) is 9.87. The molecule has 1 aromatic carbocycles. The third-order valence-corrected chi connectivity index (χ3v) is 4.47. The fourth-order valence-corrected chi connectivity index (χ4v) is 2.79. The molecular formula is C15H25FNO5P. The maximum absolute atomic E-state index is 13.6. The Kier molecular flexibility index (Phi) is 9.17. The molecule has 0 aromatic heterocycles. The van der Waals surface area contributed by atoms with Crippen molar-refractivity contribution in [2.45, 2.75) is 39.0 Å². The van der Waals surface area contributed by atoms with Crippen LogP contribution in [0.1, 0.15) is 39.0 Å². The summed E-state index contributed by atoms with van der Waals surface area (Å²) in [5.74, 6) is 0.259. The lowest BCUT2D eigenvalue weighted by Gasteiger charge is -2.09. The average molecular weight is 349 g/mol. The SMILES string of the molecule is CCOc1ccc(OCCCCCCCP(=O)(O)NO)cc1F. The number of hydrogen-bond donors (Lipinski definition) is 3. The van der Waals surface area contributed by atoms with Gasteiger partial charge in [-0.1, -0.05) is 19.3 Å². The fourth-order valence-electron chi connectivity index (χ4n) is 2.04.